The fraction of sp³-hybridized carbons (Fsp3) is 0.400. The van der Waals surface area contributed by atoms with E-state index in [-0.39, 0.29) is 12.7 Å². The molecule has 2 atom stereocenters. The molecular weight excluding hydrogens is 549 g/mol. The van der Waals surface area contributed by atoms with Gasteiger partial charge in [-0.05, 0) is 60.2 Å². The molecule has 1 saturated carbocycles. The van der Waals surface area contributed by atoms with Crippen molar-refractivity contribution in [3.8, 4) is 11.5 Å². The molecule has 0 radical (unpaired) electrons. The summed E-state index contributed by atoms with van der Waals surface area (Å²) in [4.78, 5) is 16.4. The van der Waals surface area contributed by atoms with Gasteiger partial charge in [0.05, 0.1) is 12.7 Å². The summed E-state index contributed by atoms with van der Waals surface area (Å²) in [6, 6.07) is 17.0. The van der Waals surface area contributed by atoms with Crippen LogP contribution in [0.1, 0.15) is 36.5 Å². The van der Waals surface area contributed by atoms with E-state index in [1.807, 2.05) is 29.8 Å². The van der Waals surface area contributed by atoms with E-state index in [4.69, 9.17) is 14.2 Å². The third-order valence-corrected chi connectivity index (χ3v) is 8.51. The van der Waals surface area contributed by atoms with Gasteiger partial charge in [0.2, 0.25) is 5.95 Å². The quantitative estimate of drug-likeness (QED) is 0.329. The van der Waals surface area contributed by atoms with Gasteiger partial charge in [0.15, 0.2) is 22.1 Å². The number of benzene rings is 2. The highest BCUT2D eigenvalue weighted by Crippen LogP contribution is 2.44. The lowest BCUT2D eigenvalue weighted by Gasteiger charge is -2.28. The molecule has 1 aliphatic carbocycles. The van der Waals surface area contributed by atoms with Crippen LogP contribution in [0.25, 0.3) is 0 Å². The average Bonchev–Trinajstić information content (AvgIpc) is 3.74. The van der Waals surface area contributed by atoms with Crippen LogP contribution >= 0.6 is 0 Å². The van der Waals surface area contributed by atoms with Crippen molar-refractivity contribution < 1.29 is 31.8 Å². The number of hydrogen-bond acceptors (Lipinski definition) is 8. The van der Waals surface area contributed by atoms with E-state index >= 15 is 0 Å². The minimum atomic E-state index is -4.37. The van der Waals surface area contributed by atoms with Gasteiger partial charge in [-0.15, -0.1) is 0 Å². The van der Waals surface area contributed by atoms with Crippen molar-refractivity contribution in [2.24, 2.45) is 5.92 Å². The molecule has 1 aliphatic heterocycles. The van der Waals surface area contributed by atoms with Gasteiger partial charge in [-0.3, -0.25) is 4.79 Å². The van der Waals surface area contributed by atoms with E-state index in [0.717, 1.165) is 49.4 Å². The van der Waals surface area contributed by atoms with E-state index in [9.17, 15) is 17.6 Å². The van der Waals surface area contributed by atoms with Crippen molar-refractivity contribution >= 4 is 15.9 Å². The Hall–Kier alpha value is -3.54. The second kappa shape index (κ2) is 12.1. The molecule has 2 N–H and O–H groups in total. The summed E-state index contributed by atoms with van der Waals surface area (Å²) >= 11 is 0. The molecule has 0 unspecified atom stereocenters. The number of nitrogens with zero attached hydrogens (tertiary/aromatic N) is 1. The number of sulfonamides is 1. The van der Waals surface area contributed by atoms with Gasteiger partial charge in [-0.25, -0.2) is 9.71 Å². The van der Waals surface area contributed by atoms with Gasteiger partial charge in [0.25, 0.3) is 15.9 Å². The zero-order valence-corrected chi connectivity index (χ0v) is 23.9. The maximum atomic E-state index is 13.5. The summed E-state index contributed by atoms with van der Waals surface area (Å²) in [5.74, 6) is -0.635. The number of halogens is 1. The van der Waals surface area contributed by atoms with Gasteiger partial charge < -0.3 is 19.5 Å². The number of aromatic nitrogens is 1. The van der Waals surface area contributed by atoms with E-state index in [0.29, 0.717) is 30.3 Å². The molecule has 1 aromatic heterocycles. The van der Waals surface area contributed by atoms with Crippen LogP contribution in [-0.2, 0) is 32.6 Å². The number of hydrogen-bond donors (Lipinski definition) is 2. The van der Waals surface area contributed by atoms with Crippen LogP contribution < -0.4 is 19.5 Å². The molecule has 2 heterocycles. The van der Waals surface area contributed by atoms with E-state index in [1.165, 1.54) is 11.6 Å². The number of morpholine rings is 1. The first-order chi connectivity index (χ1) is 19.6. The summed E-state index contributed by atoms with van der Waals surface area (Å²) < 4.78 is 58.7. The van der Waals surface area contributed by atoms with Crippen molar-refractivity contribution in [3.63, 3.8) is 0 Å². The highest BCUT2D eigenvalue weighted by Gasteiger charge is 2.54. The molecule has 0 spiro atoms. The minimum Gasteiger partial charge on any atom is -0.485 e. The molecule has 41 heavy (non-hydrogen) atoms. The van der Waals surface area contributed by atoms with Crippen LogP contribution in [-0.4, -0.2) is 50.7 Å². The van der Waals surface area contributed by atoms with E-state index < -0.39 is 32.5 Å². The lowest BCUT2D eigenvalue weighted by Crippen LogP contribution is -2.43. The third-order valence-electron chi connectivity index (χ3n) is 7.28. The Kier molecular flexibility index (Phi) is 8.58. The monoisotopic (exact) mass is 583 g/mol. The predicted octanol–water partition coefficient (Wildman–Crippen LogP) is 3.69. The number of carbonyl (C=O) groups excluding carboxylic acids is 1. The van der Waals surface area contributed by atoms with Crippen LogP contribution in [0.5, 0.6) is 11.5 Å². The standard InChI is InChI=1S/C30H34FN3O6S/c1-20-6-11-24(39-19-23-9-7-22(8-10-23)17-21(2)26-18-32-14-15-38-26)25(16-20)40-30(12-13-30)29(35)34-41(36,37)28-5-3-4-27(31)33-28/h3-11,16,21,26,32H,12-15,17-19H2,1-2H3,(H,34,35)/t21-,26+/m0/s1. The van der Waals surface area contributed by atoms with Crippen LogP contribution in [0.3, 0.4) is 0 Å². The Morgan fingerprint density at radius 1 is 1.15 bits per heavy atom. The number of nitrogens with one attached hydrogen (secondary N) is 2. The molecule has 1 amide bonds. The number of carbonyl (C=O) groups is 1. The molecule has 1 saturated heterocycles. The van der Waals surface area contributed by atoms with Crippen LogP contribution in [0.4, 0.5) is 4.39 Å². The minimum absolute atomic E-state index is 0.210. The molecule has 11 heteroatoms. The van der Waals surface area contributed by atoms with Crippen molar-refractivity contribution in [2.75, 3.05) is 19.7 Å². The molecule has 2 fully saturated rings. The number of aryl methyl sites for hydroxylation is 1. The fourth-order valence-electron chi connectivity index (χ4n) is 4.71. The zero-order valence-electron chi connectivity index (χ0n) is 23.1. The Labute approximate surface area is 239 Å². The molecule has 2 aromatic carbocycles. The summed E-state index contributed by atoms with van der Waals surface area (Å²) in [7, 11) is -4.37. The molecule has 2 aliphatic rings. The first-order valence-corrected chi connectivity index (χ1v) is 15.1. The van der Waals surface area contributed by atoms with Gasteiger partial charge >= 0.3 is 0 Å². The molecule has 0 bridgehead atoms. The predicted molar refractivity (Wildman–Crippen MR) is 150 cm³/mol. The van der Waals surface area contributed by atoms with E-state index in [1.54, 1.807) is 12.1 Å². The zero-order chi connectivity index (χ0) is 29.0. The van der Waals surface area contributed by atoms with Gasteiger partial charge in [-0.1, -0.05) is 43.3 Å². The lowest BCUT2D eigenvalue weighted by molar-refractivity contribution is -0.128. The Morgan fingerprint density at radius 3 is 2.59 bits per heavy atom. The number of amides is 1. The summed E-state index contributed by atoms with van der Waals surface area (Å²) in [6.07, 6.45) is 1.76. The first-order valence-electron chi connectivity index (χ1n) is 13.7. The lowest BCUT2D eigenvalue weighted by atomic mass is 9.94. The van der Waals surface area contributed by atoms with Crippen molar-refractivity contribution in [1.82, 2.24) is 15.0 Å². The molecule has 3 aromatic rings. The van der Waals surface area contributed by atoms with Crippen molar-refractivity contribution in [2.45, 2.75) is 56.4 Å². The summed E-state index contributed by atoms with van der Waals surface area (Å²) in [6.45, 7) is 6.88. The number of ether oxygens (including phenoxy) is 3. The Balaban J connectivity index is 1.21. The maximum absolute atomic E-state index is 13.5. The molecule has 9 nitrogen and oxygen atoms in total. The summed E-state index contributed by atoms with van der Waals surface area (Å²) in [5, 5.41) is 2.80. The van der Waals surface area contributed by atoms with Gasteiger partial charge in [0, 0.05) is 25.9 Å². The first kappa shape index (κ1) is 29.0. The maximum Gasteiger partial charge on any atom is 0.281 e. The fourth-order valence-corrected chi connectivity index (χ4v) is 5.71. The second-order valence-corrected chi connectivity index (χ2v) is 12.3. The Bertz CT molecular complexity index is 1490. The van der Waals surface area contributed by atoms with Crippen molar-refractivity contribution in [1.29, 1.82) is 0 Å². The van der Waals surface area contributed by atoms with Crippen LogP contribution in [0, 0.1) is 18.8 Å². The van der Waals surface area contributed by atoms with Gasteiger partial charge in [0.1, 0.15) is 6.61 Å². The molecular formula is C30H34FN3O6S. The third kappa shape index (κ3) is 7.22. The Morgan fingerprint density at radius 2 is 1.90 bits per heavy atom. The van der Waals surface area contributed by atoms with Crippen molar-refractivity contribution in [3.05, 3.63) is 83.3 Å². The normalized spacial score (nSPS) is 18.8. The largest absolute Gasteiger partial charge is 0.485 e. The summed E-state index contributed by atoms with van der Waals surface area (Å²) in [5.41, 5.74) is 1.70. The average molecular weight is 584 g/mol. The second-order valence-electron chi connectivity index (χ2n) is 10.7. The van der Waals surface area contributed by atoms with Crippen LogP contribution in [0.15, 0.2) is 65.7 Å². The molecule has 218 valence electrons. The van der Waals surface area contributed by atoms with Gasteiger partial charge in [-0.2, -0.15) is 12.8 Å². The smallest absolute Gasteiger partial charge is 0.281 e. The highest BCUT2D eigenvalue weighted by molar-refractivity contribution is 7.90. The van der Waals surface area contributed by atoms with Crippen LogP contribution in [0.2, 0.25) is 0 Å². The number of pyridine rings is 1. The van der Waals surface area contributed by atoms with E-state index in [2.05, 4.69) is 29.4 Å². The topological polar surface area (TPSA) is 116 Å². The SMILES string of the molecule is Cc1ccc(OCc2ccc(C[C@H](C)[C@H]3CNCCO3)cc2)c(OC2(C(=O)NS(=O)(=O)c3cccc(F)n3)CC2)c1. The highest BCUT2D eigenvalue weighted by atomic mass is 32.2. The molecule has 5 rings (SSSR count). The number of rotatable bonds is 11.